The first-order chi connectivity index (χ1) is 8.77. The molecule has 2 rings (SSSR count). The van der Waals surface area contributed by atoms with Crippen molar-refractivity contribution >= 4 is 17.2 Å². The summed E-state index contributed by atoms with van der Waals surface area (Å²) in [7, 11) is 0. The van der Waals surface area contributed by atoms with Crippen LogP contribution in [-0.4, -0.2) is 8.76 Å². The second kappa shape index (κ2) is 6.28. The van der Waals surface area contributed by atoms with Gasteiger partial charge in [0.25, 0.3) is 0 Å². The van der Waals surface area contributed by atoms with Gasteiger partial charge >= 0.3 is 0 Å². The molecule has 18 heavy (non-hydrogen) atoms. The van der Waals surface area contributed by atoms with Crippen LogP contribution in [0.3, 0.4) is 0 Å². The summed E-state index contributed by atoms with van der Waals surface area (Å²) in [6, 6.07) is 19.1. The molecule has 2 atom stereocenters. The normalized spacial score (nSPS) is 14.5. The Balaban J connectivity index is 2.23. The van der Waals surface area contributed by atoms with Crippen LogP contribution in [0.1, 0.15) is 16.4 Å². The first-order valence-corrected chi connectivity index (χ1v) is 6.82. The van der Waals surface area contributed by atoms with E-state index in [1.165, 1.54) is 0 Å². The molecule has 3 heteroatoms. The van der Waals surface area contributed by atoms with Crippen LogP contribution >= 0.6 is 0 Å². The molecule has 0 bridgehead atoms. The number of hydrogen-bond acceptors (Lipinski definition) is 1. The minimum atomic E-state index is -1.91. The molecule has 2 unspecified atom stereocenters. The van der Waals surface area contributed by atoms with Gasteiger partial charge in [-0.05, 0) is 11.1 Å². The van der Waals surface area contributed by atoms with Crippen LogP contribution in [0.2, 0.25) is 0 Å². The molecule has 0 aliphatic heterocycles. The van der Waals surface area contributed by atoms with Gasteiger partial charge in [0.05, 0.1) is 0 Å². The molecule has 0 aromatic heterocycles. The third-order valence-electron chi connectivity index (χ3n) is 2.61. The Kier molecular flexibility index (Phi) is 4.45. The smallest absolute Gasteiger partial charge is 0.164 e. The van der Waals surface area contributed by atoms with Crippen molar-refractivity contribution in [2.24, 2.45) is 0 Å². The molecule has 0 fully saturated rings. The van der Waals surface area contributed by atoms with Crippen LogP contribution in [0.15, 0.2) is 66.7 Å². The second-order valence-corrected chi connectivity index (χ2v) is 4.94. The Morgan fingerprint density at radius 3 is 2.06 bits per heavy atom. The molecule has 2 aromatic rings. The molecule has 0 aliphatic carbocycles. The summed E-state index contributed by atoms with van der Waals surface area (Å²) in [6.45, 7) is 0. The summed E-state index contributed by atoms with van der Waals surface area (Å²) in [5, 5.41) is -0.494. The fraction of sp³-hybridized carbons (Fsp3) is 0.0667. The van der Waals surface area contributed by atoms with Gasteiger partial charge in [0.15, 0.2) is 11.1 Å². The van der Waals surface area contributed by atoms with Crippen molar-refractivity contribution in [1.82, 2.24) is 0 Å². The van der Waals surface area contributed by atoms with Crippen molar-refractivity contribution in [2.75, 3.05) is 0 Å². The molecule has 1 N–H and O–H groups in total. The van der Waals surface area contributed by atoms with E-state index in [4.69, 9.17) is 0 Å². The van der Waals surface area contributed by atoms with Crippen LogP contribution in [0.4, 0.5) is 0 Å². The lowest BCUT2D eigenvalue weighted by Crippen LogP contribution is -2.02. The molecule has 0 amide bonds. The Morgan fingerprint density at radius 1 is 0.944 bits per heavy atom. The Hall–Kier alpha value is -1.71. The lowest BCUT2D eigenvalue weighted by molar-refractivity contribution is 0.558. The van der Waals surface area contributed by atoms with Crippen molar-refractivity contribution in [3.63, 3.8) is 0 Å². The van der Waals surface area contributed by atoms with Crippen LogP contribution in [-0.2, 0) is 11.1 Å². The highest BCUT2D eigenvalue weighted by Crippen LogP contribution is 2.21. The van der Waals surface area contributed by atoms with Gasteiger partial charge in [-0.25, -0.2) is 4.21 Å². The van der Waals surface area contributed by atoms with E-state index in [0.29, 0.717) is 0 Å². The average molecular weight is 258 g/mol. The summed E-state index contributed by atoms with van der Waals surface area (Å²) >= 11 is -1.91. The van der Waals surface area contributed by atoms with E-state index in [-0.39, 0.29) is 0 Å². The summed E-state index contributed by atoms with van der Waals surface area (Å²) in [5.41, 5.74) is 1.86. The zero-order valence-corrected chi connectivity index (χ0v) is 10.6. The first-order valence-electron chi connectivity index (χ1n) is 5.65. The highest BCUT2D eigenvalue weighted by molar-refractivity contribution is 7.79. The number of rotatable bonds is 4. The van der Waals surface area contributed by atoms with Gasteiger partial charge < -0.3 is 4.55 Å². The summed E-state index contributed by atoms with van der Waals surface area (Å²) in [5.74, 6) is 0. The molecule has 92 valence electrons. The van der Waals surface area contributed by atoms with Crippen LogP contribution in [0, 0.1) is 0 Å². The minimum Gasteiger partial charge on any atom is -0.305 e. The van der Waals surface area contributed by atoms with Crippen LogP contribution < -0.4 is 0 Å². The number of hydrogen-bond donors (Lipinski definition) is 1. The van der Waals surface area contributed by atoms with E-state index in [1.807, 2.05) is 66.7 Å². The van der Waals surface area contributed by atoms with Crippen LogP contribution in [0.5, 0.6) is 0 Å². The van der Waals surface area contributed by atoms with Crippen LogP contribution in [0.25, 0.3) is 6.08 Å². The monoisotopic (exact) mass is 258 g/mol. The maximum atomic E-state index is 11.4. The zero-order chi connectivity index (χ0) is 12.8. The van der Waals surface area contributed by atoms with Crippen molar-refractivity contribution in [3.8, 4) is 0 Å². The predicted molar refractivity (Wildman–Crippen MR) is 75.4 cm³/mol. The predicted octanol–water partition coefficient (Wildman–Crippen LogP) is 3.66. The van der Waals surface area contributed by atoms with Gasteiger partial charge in [-0.1, -0.05) is 72.8 Å². The molecule has 0 spiro atoms. The molecular formula is C15H14O2S. The Bertz CT molecular complexity index is 535. The summed E-state index contributed by atoms with van der Waals surface area (Å²) < 4.78 is 20.7. The molecule has 0 aliphatic rings. The molecule has 0 saturated carbocycles. The molecule has 2 nitrogen and oxygen atoms in total. The standard InChI is InChI=1S/C15H14O2S/c16-18(17)15(14-9-5-2-6-10-14)12-11-13-7-3-1-4-8-13/h1-12,15H,(H,16,17)/b12-11+. The zero-order valence-electron chi connectivity index (χ0n) is 9.77. The minimum absolute atomic E-state index is 0.494. The van der Waals surface area contributed by atoms with Gasteiger partial charge in [-0.15, -0.1) is 0 Å². The third-order valence-corrected chi connectivity index (χ3v) is 3.47. The molecule has 2 aromatic carbocycles. The lowest BCUT2D eigenvalue weighted by atomic mass is 10.1. The van der Waals surface area contributed by atoms with Gasteiger partial charge in [0, 0.05) is 0 Å². The highest BCUT2D eigenvalue weighted by atomic mass is 32.2. The van der Waals surface area contributed by atoms with E-state index >= 15 is 0 Å². The average Bonchev–Trinajstić information content (AvgIpc) is 2.41. The first kappa shape index (κ1) is 12.7. The van der Waals surface area contributed by atoms with Crippen molar-refractivity contribution in [1.29, 1.82) is 0 Å². The highest BCUT2D eigenvalue weighted by Gasteiger charge is 2.13. The van der Waals surface area contributed by atoms with E-state index in [0.717, 1.165) is 11.1 Å². The third kappa shape index (κ3) is 3.39. The fourth-order valence-electron chi connectivity index (χ4n) is 1.70. The van der Waals surface area contributed by atoms with Crippen molar-refractivity contribution in [3.05, 3.63) is 77.9 Å². The van der Waals surface area contributed by atoms with Gasteiger partial charge in [0.2, 0.25) is 0 Å². The largest absolute Gasteiger partial charge is 0.305 e. The second-order valence-electron chi connectivity index (χ2n) is 3.88. The van der Waals surface area contributed by atoms with Gasteiger partial charge in [-0.3, -0.25) is 0 Å². The molecule has 0 radical (unpaired) electrons. The van der Waals surface area contributed by atoms with Gasteiger partial charge in [-0.2, -0.15) is 0 Å². The van der Waals surface area contributed by atoms with E-state index < -0.39 is 16.3 Å². The SMILES string of the molecule is O=S(O)C(/C=C/c1ccccc1)c1ccccc1. The van der Waals surface area contributed by atoms with Gasteiger partial charge in [0.1, 0.15) is 5.25 Å². The Labute approximate surface area is 109 Å². The quantitative estimate of drug-likeness (QED) is 0.850. The maximum Gasteiger partial charge on any atom is 0.164 e. The van der Waals surface area contributed by atoms with E-state index in [1.54, 1.807) is 6.08 Å². The number of benzene rings is 2. The maximum absolute atomic E-state index is 11.4. The molecule has 0 heterocycles. The summed E-state index contributed by atoms with van der Waals surface area (Å²) in [6.07, 6.45) is 3.63. The topological polar surface area (TPSA) is 37.3 Å². The van der Waals surface area contributed by atoms with Crippen molar-refractivity contribution < 1.29 is 8.76 Å². The molecular weight excluding hydrogens is 244 g/mol. The lowest BCUT2D eigenvalue weighted by Gasteiger charge is -2.08. The Morgan fingerprint density at radius 2 is 1.50 bits per heavy atom. The van der Waals surface area contributed by atoms with Crippen molar-refractivity contribution in [2.45, 2.75) is 5.25 Å². The molecule has 0 saturated heterocycles. The van der Waals surface area contributed by atoms with E-state index in [9.17, 15) is 8.76 Å². The van der Waals surface area contributed by atoms with E-state index in [2.05, 4.69) is 0 Å². The fourth-order valence-corrected chi connectivity index (χ4v) is 2.30. The summed E-state index contributed by atoms with van der Waals surface area (Å²) in [4.78, 5) is 0.